The number of hydrogen-bond acceptors (Lipinski definition) is 1. The first kappa shape index (κ1) is 14.4. The summed E-state index contributed by atoms with van der Waals surface area (Å²) in [5.41, 5.74) is 2.48. The zero-order chi connectivity index (χ0) is 14.4. The molecular formula is C17H22N2O. The second-order valence-electron chi connectivity index (χ2n) is 4.81. The smallest absolute Gasteiger partial charge is 0.246 e. The number of likely N-dealkylation sites (N-methyl/N-ethyl adjacent to an activating group) is 1. The molecule has 3 nitrogen and oxygen atoms in total. The number of para-hydroxylation sites is 1. The Balaban J connectivity index is 1.91. The molecule has 20 heavy (non-hydrogen) atoms. The number of carbonyl (C=O) groups is 1. The molecule has 0 saturated carbocycles. The lowest BCUT2D eigenvalue weighted by Crippen LogP contribution is -2.28. The number of benzene rings is 1. The fraction of sp³-hybridized carbons (Fsp3) is 0.353. The van der Waals surface area contributed by atoms with Crippen LogP contribution in [0, 0.1) is 0 Å². The van der Waals surface area contributed by atoms with Crippen LogP contribution in [0.3, 0.4) is 0 Å². The summed E-state index contributed by atoms with van der Waals surface area (Å²) in [7, 11) is 0. The van der Waals surface area contributed by atoms with E-state index in [9.17, 15) is 4.79 Å². The monoisotopic (exact) mass is 270 g/mol. The fourth-order valence-electron chi connectivity index (χ4n) is 2.40. The average Bonchev–Trinajstić information content (AvgIpc) is 2.88. The number of aromatic nitrogens is 1. The first-order chi connectivity index (χ1) is 9.76. The Bertz CT molecular complexity index is 594. The number of amides is 1. The molecule has 1 aromatic carbocycles. The van der Waals surface area contributed by atoms with Gasteiger partial charge in [-0.2, -0.15) is 0 Å². The van der Waals surface area contributed by atoms with Gasteiger partial charge < -0.3 is 9.88 Å². The van der Waals surface area contributed by atoms with Gasteiger partial charge in [0.25, 0.3) is 0 Å². The third-order valence-corrected chi connectivity index (χ3v) is 3.59. The summed E-state index contributed by atoms with van der Waals surface area (Å²) in [4.78, 5) is 16.9. The highest BCUT2D eigenvalue weighted by Crippen LogP contribution is 2.18. The van der Waals surface area contributed by atoms with Crippen molar-refractivity contribution in [2.45, 2.75) is 26.7 Å². The van der Waals surface area contributed by atoms with Crippen molar-refractivity contribution in [3.05, 3.63) is 48.2 Å². The van der Waals surface area contributed by atoms with Gasteiger partial charge >= 0.3 is 0 Å². The Hall–Kier alpha value is -2.03. The van der Waals surface area contributed by atoms with Crippen LogP contribution in [0.25, 0.3) is 10.9 Å². The highest BCUT2D eigenvalue weighted by Gasteiger charge is 2.04. The molecule has 0 aliphatic carbocycles. The van der Waals surface area contributed by atoms with Crippen molar-refractivity contribution < 1.29 is 4.79 Å². The molecule has 0 radical (unpaired) electrons. The van der Waals surface area contributed by atoms with Crippen molar-refractivity contribution in [3.63, 3.8) is 0 Å². The van der Waals surface area contributed by atoms with E-state index in [1.54, 1.807) is 6.08 Å². The standard InChI is InChI=1S/C17H22N2O/c1-3-19(4-2)17(20)12-8-5-9-14-13-18-16-11-7-6-10-15(14)16/h6-8,10-13,18H,3-5,9H2,1-2H3. The maximum absolute atomic E-state index is 11.8. The SMILES string of the molecule is CCN(CC)C(=O)C=CCCc1c[nH]c2ccccc12. The highest BCUT2D eigenvalue weighted by atomic mass is 16.2. The Morgan fingerprint density at radius 2 is 2.00 bits per heavy atom. The number of nitrogens with zero attached hydrogens (tertiary/aromatic N) is 1. The number of hydrogen-bond donors (Lipinski definition) is 1. The molecule has 2 aromatic rings. The Labute approximate surface area is 120 Å². The summed E-state index contributed by atoms with van der Waals surface area (Å²) in [5, 5.41) is 1.27. The number of H-pyrrole nitrogens is 1. The molecule has 0 spiro atoms. The van der Waals surface area contributed by atoms with E-state index in [4.69, 9.17) is 0 Å². The molecule has 1 amide bonds. The number of allylic oxidation sites excluding steroid dienone is 1. The number of aryl methyl sites for hydroxylation is 1. The molecule has 2 rings (SSSR count). The zero-order valence-electron chi connectivity index (χ0n) is 12.2. The topological polar surface area (TPSA) is 36.1 Å². The molecule has 1 aromatic heterocycles. The van der Waals surface area contributed by atoms with Crippen LogP contribution in [0.15, 0.2) is 42.6 Å². The third-order valence-electron chi connectivity index (χ3n) is 3.59. The molecule has 0 bridgehead atoms. The molecule has 0 aliphatic heterocycles. The first-order valence-electron chi connectivity index (χ1n) is 7.26. The molecule has 0 fully saturated rings. The van der Waals surface area contributed by atoms with Gasteiger partial charge in [-0.25, -0.2) is 0 Å². The second-order valence-corrected chi connectivity index (χ2v) is 4.81. The number of carbonyl (C=O) groups excluding carboxylic acids is 1. The van der Waals surface area contributed by atoms with Crippen LogP contribution >= 0.6 is 0 Å². The molecule has 1 heterocycles. The van der Waals surface area contributed by atoms with Crippen LogP contribution in [0.1, 0.15) is 25.8 Å². The Morgan fingerprint density at radius 3 is 2.75 bits per heavy atom. The van der Waals surface area contributed by atoms with Gasteiger partial charge in [-0.05, 0) is 44.4 Å². The fourth-order valence-corrected chi connectivity index (χ4v) is 2.40. The molecule has 106 valence electrons. The lowest BCUT2D eigenvalue weighted by atomic mass is 10.1. The van der Waals surface area contributed by atoms with Crippen LogP contribution in [-0.2, 0) is 11.2 Å². The zero-order valence-corrected chi connectivity index (χ0v) is 12.2. The molecular weight excluding hydrogens is 248 g/mol. The van der Waals surface area contributed by atoms with Gasteiger partial charge in [-0.15, -0.1) is 0 Å². The van der Waals surface area contributed by atoms with Gasteiger partial charge in [0.1, 0.15) is 0 Å². The van der Waals surface area contributed by atoms with Crippen molar-refractivity contribution in [2.75, 3.05) is 13.1 Å². The van der Waals surface area contributed by atoms with Crippen molar-refractivity contribution in [1.82, 2.24) is 9.88 Å². The Morgan fingerprint density at radius 1 is 1.25 bits per heavy atom. The van der Waals surface area contributed by atoms with Crippen molar-refractivity contribution >= 4 is 16.8 Å². The predicted octanol–water partition coefficient (Wildman–Crippen LogP) is 3.53. The van der Waals surface area contributed by atoms with E-state index >= 15 is 0 Å². The number of fused-ring (bicyclic) bond motifs is 1. The van der Waals surface area contributed by atoms with Crippen molar-refractivity contribution in [1.29, 1.82) is 0 Å². The summed E-state index contributed by atoms with van der Waals surface area (Å²) in [6, 6.07) is 8.30. The lowest BCUT2D eigenvalue weighted by molar-refractivity contribution is -0.125. The molecule has 0 atom stereocenters. The minimum absolute atomic E-state index is 0.105. The summed E-state index contributed by atoms with van der Waals surface area (Å²) < 4.78 is 0. The highest BCUT2D eigenvalue weighted by molar-refractivity contribution is 5.87. The van der Waals surface area contributed by atoms with Gasteiger partial charge in [-0.1, -0.05) is 24.3 Å². The van der Waals surface area contributed by atoms with E-state index in [2.05, 4.69) is 29.4 Å². The molecule has 3 heteroatoms. The van der Waals surface area contributed by atoms with E-state index in [-0.39, 0.29) is 5.91 Å². The van der Waals surface area contributed by atoms with E-state index in [0.717, 1.165) is 25.9 Å². The van der Waals surface area contributed by atoms with Gasteiger partial charge in [0, 0.05) is 30.2 Å². The quantitative estimate of drug-likeness (QED) is 0.801. The number of aromatic amines is 1. The normalized spacial score (nSPS) is 11.3. The molecule has 0 unspecified atom stereocenters. The van der Waals surface area contributed by atoms with Gasteiger partial charge in [0.15, 0.2) is 0 Å². The average molecular weight is 270 g/mol. The molecule has 0 aliphatic rings. The minimum atomic E-state index is 0.105. The Kier molecular flexibility index (Phi) is 4.99. The predicted molar refractivity (Wildman–Crippen MR) is 83.7 cm³/mol. The van der Waals surface area contributed by atoms with Crippen LogP contribution < -0.4 is 0 Å². The van der Waals surface area contributed by atoms with Gasteiger partial charge in [0.05, 0.1) is 0 Å². The first-order valence-corrected chi connectivity index (χ1v) is 7.26. The van der Waals surface area contributed by atoms with Crippen LogP contribution in [0.5, 0.6) is 0 Å². The molecule has 0 saturated heterocycles. The lowest BCUT2D eigenvalue weighted by Gasteiger charge is -2.15. The summed E-state index contributed by atoms with van der Waals surface area (Å²) >= 11 is 0. The summed E-state index contributed by atoms with van der Waals surface area (Å²) in [5.74, 6) is 0.105. The van der Waals surface area contributed by atoms with Crippen LogP contribution in [0.4, 0.5) is 0 Å². The second kappa shape index (κ2) is 6.94. The van der Waals surface area contributed by atoms with Crippen molar-refractivity contribution in [2.24, 2.45) is 0 Å². The van der Waals surface area contributed by atoms with E-state index in [1.165, 1.54) is 16.5 Å². The van der Waals surface area contributed by atoms with Crippen molar-refractivity contribution in [3.8, 4) is 0 Å². The van der Waals surface area contributed by atoms with E-state index in [1.807, 2.05) is 30.9 Å². The van der Waals surface area contributed by atoms with Crippen LogP contribution in [0.2, 0.25) is 0 Å². The number of rotatable bonds is 6. The summed E-state index contributed by atoms with van der Waals surface area (Å²) in [6.45, 7) is 5.53. The maximum atomic E-state index is 11.8. The summed E-state index contributed by atoms with van der Waals surface area (Å²) in [6.07, 6.45) is 7.57. The van der Waals surface area contributed by atoms with Gasteiger partial charge in [0.2, 0.25) is 5.91 Å². The maximum Gasteiger partial charge on any atom is 0.246 e. The minimum Gasteiger partial charge on any atom is -0.361 e. The van der Waals surface area contributed by atoms with Gasteiger partial charge in [-0.3, -0.25) is 4.79 Å². The largest absolute Gasteiger partial charge is 0.361 e. The number of nitrogens with one attached hydrogen (secondary N) is 1. The van der Waals surface area contributed by atoms with E-state index in [0.29, 0.717) is 0 Å². The molecule has 1 N–H and O–H groups in total. The van der Waals surface area contributed by atoms with Crippen LogP contribution in [-0.4, -0.2) is 28.9 Å². The third kappa shape index (κ3) is 3.29. The van der Waals surface area contributed by atoms with E-state index < -0.39 is 0 Å².